The average Bonchev–Trinajstić information content (AvgIpc) is 3.45. The van der Waals surface area contributed by atoms with Crippen molar-refractivity contribution in [1.29, 1.82) is 0 Å². The first-order valence-electron chi connectivity index (χ1n) is 14.6. The first-order chi connectivity index (χ1) is 20.7. The van der Waals surface area contributed by atoms with Crippen LogP contribution >= 0.6 is 34.5 Å². The Morgan fingerprint density at radius 1 is 1.05 bits per heavy atom. The fraction of sp³-hybridized carbons (Fsp3) is 0.424. The van der Waals surface area contributed by atoms with Crippen molar-refractivity contribution in [3.05, 3.63) is 68.0 Å². The number of nitrogens with zero attached hydrogens (tertiary/aromatic N) is 1. The van der Waals surface area contributed by atoms with Gasteiger partial charge in [0.25, 0.3) is 5.91 Å². The van der Waals surface area contributed by atoms with E-state index in [1.807, 2.05) is 23.6 Å². The summed E-state index contributed by atoms with van der Waals surface area (Å²) in [4.78, 5) is 28.8. The Morgan fingerprint density at radius 2 is 1.70 bits per heavy atom. The monoisotopic (exact) mass is 646 g/mol. The molecule has 2 N–H and O–H groups in total. The lowest BCUT2D eigenvalue weighted by molar-refractivity contribution is -0.132. The molecule has 3 rings (SSSR count). The van der Waals surface area contributed by atoms with Gasteiger partial charge >= 0.3 is 5.97 Å². The second-order valence-electron chi connectivity index (χ2n) is 10.4. The van der Waals surface area contributed by atoms with E-state index < -0.39 is 11.9 Å². The first-order valence-corrected chi connectivity index (χ1v) is 16.2. The third kappa shape index (κ3) is 9.80. The fourth-order valence-corrected chi connectivity index (χ4v) is 6.16. The molecule has 0 aliphatic rings. The Kier molecular flexibility index (Phi) is 14.0. The van der Waals surface area contributed by atoms with Crippen LogP contribution in [-0.4, -0.2) is 36.2 Å². The zero-order chi connectivity index (χ0) is 31.4. The number of nitrogens with one attached hydrogen (secondary N) is 1. The maximum absolute atomic E-state index is 13.0. The summed E-state index contributed by atoms with van der Waals surface area (Å²) < 4.78 is 11.7. The number of carbonyl (C=O) groups is 2. The number of hydrogen-bond acceptors (Lipinski definition) is 6. The molecule has 0 saturated carbocycles. The molecule has 0 aliphatic carbocycles. The molecule has 1 aromatic heterocycles. The molecule has 2 aromatic carbocycles. The van der Waals surface area contributed by atoms with Crippen molar-refractivity contribution in [1.82, 2.24) is 4.98 Å². The molecule has 0 fully saturated rings. The maximum atomic E-state index is 13.0. The molecule has 0 spiro atoms. The van der Waals surface area contributed by atoms with E-state index in [-0.39, 0.29) is 27.3 Å². The van der Waals surface area contributed by atoms with Gasteiger partial charge in [0.1, 0.15) is 5.75 Å². The highest BCUT2D eigenvalue weighted by Gasteiger charge is 2.21. The van der Waals surface area contributed by atoms with Crippen LogP contribution in [-0.2, 0) is 9.53 Å². The quantitative estimate of drug-likeness (QED) is 0.112. The number of rotatable bonds is 17. The van der Waals surface area contributed by atoms with E-state index in [1.54, 1.807) is 14.2 Å². The van der Waals surface area contributed by atoms with Crippen LogP contribution in [0.1, 0.15) is 99.2 Å². The third-order valence-corrected chi connectivity index (χ3v) is 8.62. The predicted molar refractivity (Wildman–Crippen MR) is 177 cm³/mol. The number of thiazole rings is 1. The molecule has 0 aliphatic heterocycles. The van der Waals surface area contributed by atoms with Crippen LogP contribution in [0.15, 0.2) is 41.3 Å². The number of aromatic nitrogens is 1. The summed E-state index contributed by atoms with van der Waals surface area (Å²) in [6.07, 6.45) is 12.2. The first kappa shape index (κ1) is 34.6. The molecule has 0 saturated heterocycles. The van der Waals surface area contributed by atoms with Crippen molar-refractivity contribution >= 4 is 57.6 Å². The summed E-state index contributed by atoms with van der Waals surface area (Å²) in [6, 6.07) is 8.83. The van der Waals surface area contributed by atoms with E-state index in [2.05, 4.69) is 17.2 Å². The predicted octanol–water partition coefficient (Wildman–Crippen LogP) is 10.1. The van der Waals surface area contributed by atoms with Crippen LogP contribution in [0.5, 0.6) is 5.75 Å². The smallest absolute Gasteiger partial charge is 0.331 e. The number of carboxylic acids is 1. The number of aliphatic carboxylic acids is 1. The van der Waals surface area contributed by atoms with Crippen LogP contribution < -0.4 is 10.1 Å². The van der Waals surface area contributed by atoms with Crippen LogP contribution in [0.4, 0.5) is 5.13 Å². The molecular weight excluding hydrogens is 607 g/mol. The Labute approximate surface area is 268 Å². The molecule has 232 valence electrons. The van der Waals surface area contributed by atoms with Crippen LogP contribution in [0.2, 0.25) is 10.0 Å². The number of carboxylic acid groups (broad SMARTS) is 1. The number of hydrogen-bond donors (Lipinski definition) is 2. The number of benzene rings is 2. The topological polar surface area (TPSA) is 97.8 Å². The number of unbranched alkanes of at least 4 members (excludes halogenated alkanes) is 7. The van der Waals surface area contributed by atoms with Crippen molar-refractivity contribution in [2.75, 3.05) is 19.5 Å². The van der Waals surface area contributed by atoms with Crippen LogP contribution in [0.25, 0.3) is 17.3 Å². The minimum atomic E-state index is -1.09. The number of ether oxygens (including phenoxy) is 2. The van der Waals surface area contributed by atoms with E-state index in [0.29, 0.717) is 22.1 Å². The average molecular weight is 648 g/mol. The van der Waals surface area contributed by atoms with Gasteiger partial charge in [0.05, 0.1) is 29.0 Å². The van der Waals surface area contributed by atoms with Gasteiger partial charge in [-0.25, -0.2) is 9.78 Å². The summed E-state index contributed by atoms with van der Waals surface area (Å²) in [5.74, 6) is -0.825. The summed E-state index contributed by atoms with van der Waals surface area (Å²) in [7, 11) is 3.37. The van der Waals surface area contributed by atoms with Gasteiger partial charge in [0.2, 0.25) is 0 Å². The Balaban J connectivity index is 1.71. The number of carbonyl (C=O) groups excluding carboxylic acids is 1. The molecule has 1 unspecified atom stereocenters. The van der Waals surface area contributed by atoms with Crippen molar-refractivity contribution in [2.24, 2.45) is 0 Å². The molecule has 1 heterocycles. The van der Waals surface area contributed by atoms with Gasteiger partial charge in [-0.05, 0) is 37.6 Å². The summed E-state index contributed by atoms with van der Waals surface area (Å²) >= 11 is 13.9. The number of amides is 1. The zero-order valence-electron chi connectivity index (χ0n) is 25.2. The Hall–Kier alpha value is -2.91. The van der Waals surface area contributed by atoms with Crippen molar-refractivity contribution in [3.63, 3.8) is 0 Å². The molecule has 3 aromatic rings. The number of halogens is 2. The molecular formula is C33H40Cl2N2O5S. The van der Waals surface area contributed by atoms with E-state index in [4.69, 9.17) is 37.8 Å². The van der Waals surface area contributed by atoms with Gasteiger partial charge in [-0.3, -0.25) is 10.1 Å². The second-order valence-corrected chi connectivity index (χ2v) is 12.1. The lowest BCUT2D eigenvalue weighted by Gasteiger charge is -2.20. The summed E-state index contributed by atoms with van der Waals surface area (Å²) in [6.45, 7) is 3.68. The number of anilines is 1. The van der Waals surface area contributed by atoms with Crippen molar-refractivity contribution in [2.45, 2.75) is 77.7 Å². The van der Waals surface area contributed by atoms with E-state index in [1.165, 1.54) is 81.4 Å². The highest BCUT2D eigenvalue weighted by atomic mass is 35.5. The standard InChI is InChI=1S/C33H40Cl2N2O5S/c1-5-6-7-8-9-10-11-12-16-29(41-3)24-15-13-14-23(30(24)42-4)28-20-43-33(36-28)37-31(38)22-18-26(34)25(27(35)19-22)17-21(2)32(39)40/h13-15,17-20,29H,5-12,16H2,1-4H3,(H,39,40)(H,36,37,38). The van der Waals surface area contributed by atoms with Gasteiger partial charge < -0.3 is 14.6 Å². The molecule has 0 radical (unpaired) electrons. The van der Waals surface area contributed by atoms with Gasteiger partial charge in [-0.15, -0.1) is 11.3 Å². The fourth-order valence-electron chi connectivity index (χ4n) is 4.86. The van der Waals surface area contributed by atoms with Gasteiger partial charge in [-0.1, -0.05) is 93.6 Å². The SMILES string of the molecule is CCCCCCCCCCC(OC)c1cccc(-c2csc(NC(=O)c3cc(Cl)c(C=C(C)C(=O)O)c(Cl)c3)n2)c1OC. The highest BCUT2D eigenvalue weighted by Crippen LogP contribution is 2.40. The maximum Gasteiger partial charge on any atom is 0.331 e. The molecule has 1 amide bonds. The van der Waals surface area contributed by atoms with Crippen molar-refractivity contribution < 1.29 is 24.2 Å². The largest absolute Gasteiger partial charge is 0.496 e. The summed E-state index contributed by atoms with van der Waals surface area (Å²) in [5, 5.41) is 14.5. The third-order valence-electron chi connectivity index (χ3n) is 7.24. The molecule has 43 heavy (non-hydrogen) atoms. The minimum Gasteiger partial charge on any atom is -0.496 e. The zero-order valence-corrected chi connectivity index (χ0v) is 27.5. The highest BCUT2D eigenvalue weighted by molar-refractivity contribution is 7.14. The molecule has 0 bridgehead atoms. The number of para-hydroxylation sites is 1. The van der Waals surface area contributed by atoms with E-state index in [0.717, 1.165) is 24.0 Å². The summed E-state index contributed by atoms with van der Waals surface area (Å²) in [5.41, 5.74) is 3.08. The molecule has 7 nitrogen and oxygen atoms in total. The van der Waals surface area contributed by atoms with Crippen molar-refractivity contribution in [3.8, 4) is 17.0 Å². The Morgan fingerprint density at radius 3 is 2.30 bits per heavy atom. The van der Waals surface area contributed by atoms with Crippen LogP contribution in [0.3, 0.4) is 0 Å². The lowest BCUT2D eigenvalue weighted by Crippen LogP contribution is -2.12. The lowest BCUT2D eigenvalue weighted by atomic mass is 9.98. The second kappa shape index (κ2) is 17.4. The number of methoxy groups -OCH3 is 2. The van der Waals surface area contributed by atoms with Gasteiger partial charge in [0.15, 0.2) is 5.13 Å². The van der Waals surface area contributed by atoms with Crippen LogP contribution in [0, 0.1) is 0 Å². The molecule has 1 atom stereocenters. The van der Waals surface area contributed by atoms with E-state index in [9.17, 15) is 9.59 Å². The van der Waals surface area contributed by atoms with Gasteiger partial charge in [0, 0.05) is 40.3 Å². The van der Waals surface area contributed by atoms with Gasteiger partial charge in [-0.2, -0.15) is 0 Å². The van der Waals surface area contributed by atoms with E-state index >= 15 is 0 Å². The Bertz CT molecular complexity index is 1400. The molecule has 10 heteroatoms. The normalized spacial score (nSPS) is 12.3. The minimum absolute atomic E-state index is 0.0702.